The van der Waals surface area contributed by atoms with Gasteiger partial charge in [-0.15, -0.1) is 0 Å². The van der Waals surface area contributed by atoms with Crippen LogP contribution >= 0.6 is 11.6 Å². The summed E-state index contributed by atoms with van der Waals surface area (Å²) in [4.78, 5) is 2.52. The number of hydrogen-bond acceptors (Lipinski definition) is 3. The lowest BCUT2D eigenvalue weighted by Gasteiger charge is -2.24. The highest BCUT2D eigenvalue weighted by Crippen LogP contribution is 2.17. The first kappa shape index (κ1) is 14.3. The van der Waals surface area contributed by atoms with Crippen molar-refractivity contribution in [2.45, 2.75) is 32.4 Å². The van der Waals surface area contributed by atoms with Crippen LogP contribution in [0.1, 0.15) is 30.9 Å². The van der Waals surface area contributed by atoms with Crippen molar-refractivity contribution in [2.75, 3.05) is 19.6 Å². The van der Waals surface area contributed by atoms with Gasteiger partial charge >= 0.3 is 0 Å². The molecule has 1 aliphatic heterocycles. The van der Waals surface area contributed by atoms with Crippen LogP contribution in [-0.4, -0.2) is 30.6 Å². The molecule has 0 aliphatic carbocycles. The molecule has 1 atom stereocenters. The van der Waals surface area contributed by atoms with E-state index in [4.69, 9.17) is 16.9 Å². The Kier molecular flexibility index (Phi) is 5.21. The number of rotatable bonds is 5. The van der Waals surface area contributed by atoms with E-state index in [-0.39, 0.29) is 0 Å². The van der Waals surface area contributed by atoms with Gasteiger partial charge in [0.05, 0.1) is 11.6 Å². The lowest BCUT2D eigenvalue weighted by molar-refractivity contribution is 0.251. The first-order valence-corrected chi connectivity index (χ1v) is 7.22. The second-order valence-corrected chi connectivity index (χ2v) is 5.55. The Balaban J connectivity index is 1.80. The minimum absolute atomic E-state index is 0.569. The van der Waals surface area contributed by atoms with E-state index in [9.17, 15) is 0 Å². The van der Waals surface area contributed by atoms with Gasteiger partial charge in [-0.1, -0.05) is 17.7 Å². The molecule has 1 fully saturated rings. The van der Waals surface area contributed by atoms with Gasteiger partial charge in [-0.2, -0.15) is 5.26 Å². The van der Waals surface area contributed by atoms with Crippen LogP contribution in [0, 0.1) is 11.3 Å². The summed E-state index contributed by atoms with van der Waals surface area (Å²) >= 11 is 6.15. The Morgan fingerprint density at radius 2 is 2.16 bits per heavy atom. The van der Waals surface area contributed by atoms with Crippen LogP contribution in [0.5, 0.6) is 0 Å². The van der Waals surface area contributed by atoms with Gasteiger partial charge in [0.2, 0.25) is 0 Å². The highest BCUT2D eigenvalue weighted by atomic mass is 35.5. The van der Waals surface area contributed by atoms with Crippen molar-refractivity contribution in [3.05, 3.63) is 34.3 Å². The lowest BCUT2D eigenvalue weighted by Crippen LogP contribution is -2.38. The van der Waals surface area contributed by atoms with E-state index in [0.717, 1.165) is 18.7 Å². The van der Waals surface area contributed by atoms with Crippen molar-refractivity contribution in [3.63, 3.8) is 0 Å². The number of nitriles is 1. The van der Waals surface area contributed by atoms with E-state index in [1.54, 1.807) is 6.07 Å². The Labute approximate surface area is 120 Å². The van der Waals surface area contributed by atoms with Gasteiger partial charge in [-0.3, -0.25) is 4.90 Å². The third-order valence-electron chi connectivity index (χ3n) is 3.70. The summed E-state index contributed by atoms with van der Waals surface area (Å²) in [5.74, 6) is 0. The van der Waals surface area contributed by atoms with Gasteiger partial charge in [-0.05, 0) is 50.6 Å². The molecule has 2 rings (SSSR count). The molecule has 19 heavy (non-hydrogen) atoms. The number of nitrogens with zero attached hydrogens (tertiary/aromatic N) is 2. The topological polar surface area (TPSA) is 39.1 Å². The molecule has 1 saturated heterocycles. The summed E-state index contributed by atoms with van der Waals surface area (Å²) in [5, 5.41) is 12.9. The van der Waals surface area contributed by atoms with Crippen LogP contribution in [0.2, 0.25) is 5.02 Å². The van der Waals surface area contributed by atoms with E-state index in [2.05, 4.69) is 23.2 Å². The summed E-state index contributed by atoms with van der Waals surface area (Å²) in [6, 6.07) is 8.13. The van der Waals surface area contributed by atoms with Gasteiger partial charge in [-0.25, -0.2) is 0 Å². The smallest absolute Gasteiger partial charge is 0.0992 e. The zero-order valence-corrected chi connectivity index (χ0v) is 12.1. The molecular weight excluding hydrogens is 258 g/mol. The SMILES string of the molecule is CC(CNCc1ccc(C#N)cc1Cl)N1CCCC1. The van der Waals surface area contributed by atoms with Crippen LogP contribution < -0.4 is 5.32 Å². The summed E-state index contributed by atoms with van der Waals surface area (Å²) in [5.41, 5.74) is 1.66. The van der Waals surface area contributed by atoms with Gasteiger partial charge < -0.3 is 5.32 Å². The fourth-order valence-corrected chi connectivity index (χ4v) is 2.73. The van der Waals surface area contributed by atoms with Crippen LogP contribution in [0.3, 0.4) is 0 Å². The Bertz CT molecular complexity index is 461. The zero-order chi connectivity index (χ0) is 13.7. The molecule has 0 aromatic heterocycles. The molecule has 1 heterocycles. The van der Waals surface area contributed by atoms with Crippen LogP contribution in [-0.2, 0) is 6.54 Å². The van der Waals surface area contributed by atoms with Crippen molar-refractivity contribution in [1.82, 2.24) is 10.2 Å². The highest BCUT2D eigenvalue weighted by Gasteiger charge is 2.17. The van der Waals surface area contributed by atoms with Crippen LogP contribution in [0.15, 0.2) is 18.2 Å². The fourth-order valence-electron chi connectivity index (χ4n) is 2.49. The molecule has 1 aromatic carbocycles. The predicted molar refractivity (Wildman–Crippen MR) is 78.1 cm³/mol. The van der Waals surface area contributed by atoms with Crippen molar-refractivity contribution < 1.29 is 0 Å². The molecule has 1 N–H and O–H groups in total. The third-order valence-corrected chi connectivity index (χ3v) is 4.05. The number of likely N-dealkylation sites (tertiary alicyclic amines) is 1. The highest BCUT2D eigenvalue weighted by molar-refractivity contribution is 6.31. The van der Waals surface area contributed by atoms with Gasteiger partial charge in [0.15, 0.2) is 0 Å². The molecule has 1 aliphatic rings. The first-order valence-electron chi connectivity index (χ1n) is 6.84. The maximum atomic E-state index is 8.79. The molecule has 1 aromatic rings. The Morgan fingerprint density at radius 3 is 2.79 bits per heavy atom. The molecule has 0 amide bonds. The summed E-state index contributed by atoms with van der Waals surface area (Å²) in [6.07, 6.45) is 2.65. The van der Waals surface area contributed by atoms with Crippen LogP contribution in [0.25, 0.3) is 0 Å². The van der Waals surface area contributed by atoms with Gasteiger partial charge in [0.1, 0.15) is 0 Å². The van der Waals surface area contributed by atoms with E-state index in [1.807, 2.05) is 12.1 Å². The first-order chi connectivity index (χ1) is 9.20. The minimum atomic E-state index is 0.569. The Hall–Kier alpha value is -1.08. The molecule has 0 radical (unpaired) electrons. The van der Waals surface area contributed by atoms with E-state index in [0.29, 0.717) is 16.6 Å². The van der Waals surface area contributed by atoms with Crippen molar-refractivity contribution in [2.24, 2.45) is 0 Å². The van der Waals surface area contributed by atoms with Crippen molar-refractivity contribution in [3.8, 4) is 6.07 Å². The molecule has 0 spiro atoms. The summed E-state index contributed by atoms with van der Waals surface area (Å²) in [7, 11) is 0. The summed E-state index contributed by atoms with van der Waals surface area (Å²) < 4.78 is 0. The lowest BCUT2D eigenvalue weighted by atomic mass is 10.1. The molecule has 0 saturated carbocycles. The number of hydrogen-bond donors (Lipinski definition) is 1. The molecule has 102 valence electrons. The largest absolute Gasteiger partial charge is 0.311 e. The molecular formula is C15H20ClN3. The number of halogens is 1. The Morgan fingerprint density at radius 1 is 1.42 bits per heavy atom. The second-order valence-electron chi connectivity index (χ2n) is 5.14. The predicted octanol–water partition coefficient (Wildman–Crippen LogP) is 2.79. The number of benzene rings is 1. The number of nitrogens with one attached hydrogen (secondary N) is 1. The van der Waals surface area contributed by atoms with Gasteiger partial charge in [0.25, 0.3) is 0 Å². The summed E-state index contributed by atoms with van der Waals surface area (Å²) in [6.45, 7) is 6.43. The van der Waals surface area contributed by atoms with E-state index >= 15 is 0 Å². The van der Waals surface area contributed by atoms with Crippen molar-refractivity contribution >= 4 is 11.6 Å². The average Bonchev–Trinajstić information content (AvgIpc) is 2.94. The molecule has 0 bridgehead atoms. The van der Waals surface area contributed by atoms with E-state index in [1.165, 1.54) is 25.9 Å². The fraction of sp³-hybridized carbons (Fsp3) is 0.533. The quantitative estimate of drug-likeness (QED) is 0.900. The van der Waals surface area contributed by atoms with Crippen molar-refractivity contribution in [1.29, 1.82) is 5.26 Å². The van der Waals surface area contributed by atoms with Gasteiger partial charge in [0, 0.05) is 24.2 Å². The molecule has 4 heteroatoms. The molecule has 1 unspecified atom stereocenters. The van der Waals surface area contributed by atoms with E-state index < -0.39 is 0 Å². The molecule has 3 nitrogen and oxygen atoms in total. The zero-order valence-electron chi connectivity index (χ0n) is 11.3. The standard InChI is InChI=1S/C15H20ClN3/c1-12(19-6-2-3-7-19)10-18-11-14-5-4-13(9-17)8-15(14)16/h4-5,8,12,18H,2-3,6-7,10-11H2,1H3. The monoisotopic (exact) mass is 277 g/mol. The maximum Gasteiger partial charge on any atom is 0.0992 e. The third kappa shape index (κ3) is 3.94. The second kappa shape index (κ2) is 6.91. The minimum Gasteiger partial charge on any atom is -0.311 e. The maximum absolute atomic E-state index is 8.79. The average molecular weight is 278 g/mol. The normalized spacial score (nSPS) is 17.3. The van der Waals surface area contributed by atoms with Crippen LogP contribution in [0.4, 0.5) is 0 Å².